The van der Waals surface area contributed by atoms with E-state index in [1.165, 1.54) is 12.5 Å². The van der Waals surface area contributed by atoms with Crippen LogP contribution in [-0.4, -0.2) is 73.7 Å². The van der Waals surface area contributed by atoms with Crippen LogP contribution in [0.15, 0.2) is 17.6 Å². The summed E-state index contributed by atoms with van der Waals surface area (Å²) < 4.78 is 32.2. The number of rotatable bonds is 6. The van der Waals surface area contributed by atoms with Crippen molar-refractivity contribution in [2.75, 3.05) is 50.2 Å². The van der Waals surface area contributed by atoms with E-state index in [-0.39, 0.29) is 11.6 Å². The van der Waals surface area contributed by atoms with Gasteiger partial charge < -0.3 is 19.5 Å². The topological polar surface area (TPSA) is 129 Å². The van der Waals surface area contributed by atoms with Gasteiger partial charge in [-0.1, -0.05) is 0 Å². The number of hydrogen-bond acceptors (Lipinski definition) is 9. The normalized spacial score (nSPS) is 15.4. The first kappa shape index (κ1) is 17.5. The highest BCUT2D eigenvalue weighted by atomic mass is 32.2. The molecular formula is C13H20N8O3S. The van der Waals surface area contributed by atoms with E-state index >= 15 is 0 Å². The van der Waals surface area contributed by atoms with Crippen LogP contribution in [0.5, 0.6) is 0 Å². The minimum absolute atomic E-state index is 0.0113. The molecule has 1 aliphatic rings. The molecule has 136 valence electrons. The van der Waals surface area contributed by atoms with E-state index in [1.807, 2.05) is 19.0 Å². The molecule has 0 unspecified atom stereocenters. The lowest BCUT2D eigenvalue weighted by Gasteiger charge is -2.27. The molecular weight excluding hydrogens is 348 g/mol. The van der Waals surface area contributed by atoms with Gasteiger partial charge in [-0.25, -0.2) is 18.1 Å². The summed E-state index contributed by atoms with van der Waals surface area (Å²) in [5.74, 6) is 1.31. The Bertz CT molecular complexity index is 803. The molecule has 3 heterocycles. The summed E-state index contributed by atoms with van der Waals surface area (Å²) in [5.41, 5.74) is 0. The molecule has 0 bridgehead atoms. The second kappa shape index (κ2) is 7.29. The van der Waals surface area contributed by atoms with Crippen LogP contribution in [-0.2, 0) is 21.3 Å². The van der Waals surface area contributed by atoms with Crippen LogP contribution in [0.3, 0.4) is 0 Å². The first-order chi connectivity index (χ1) is 12.0. The number of hydrogen-bond donors (Lipinski definition) is 2. The molecule has 3 rings (SSSR count). The van der Waals surface area contributed by atoms with Gasteiger partial charge in [0.2, 0.25) is 11.9 Å². The lowest BCUT2D eigenvalue weighted by atomic mass is 10.4. The van der Waals surface area contributed by atoms with Crippen LogP contribution in [0.25, 0.3) is 0 Å². The molecule has 2 aromatic heterocycles. The number of morpholine rings is 1. The highest BCUT2D eigenvalue weighted by molar-refractivity contribution is 7.89. The molecule has 12 heteroatoms. The summed E-state index contributed by atoms with van der Waals surface area (Å²) in [6, 6.07) is 0. The van der Waals surface area contributed by atoms with Gasteiger partial charge in [0.05, 0.1) is 32.3 Å². The SMILES string of the molecule is CN(C)c1nc(CNS(=O)(=O)c2cnc[nH]2)nc(N2CCOCC2)n1. The zero-order valence-electron chi connectivity index (χ0n) is 14.0. The van der Waals surface area contributed by atoms with Crippen molar-refractivity contribution in [3.8, 4) is 0 Å². The fourth-order valence-electron chi connectivity index (χ4n) is 2.21. The maximum Gasteiger partial charge on any atom is 0.258 e. The average Bonchev–Trinajstić information content (AvgIpc) is 3.16. The Kier molecular flexibility index (Phi) is 5.11. The summed E-state index contributed by atoms with van der Waals surface area (Å²) in [7, 11) is -0.0687. The molecule has 0 saturated carbocycles. The molecule has 2 aromatic rings. The van der Waals surface area contributed by atoms with Crippen LogP contribution in [0.4, 0.5) is 11.9 Å². The van der Waals surface area contributed by atoms with Crippen molar-refractivity contribution in [1.82, 2.24) is 29.6 Å². The monoisotopic (exact) mass is 368 g/mol. The van der Waals surface area contributed by atoms with Crippen molar-refractivity contribution < 1.29 is 13.2 Å². The molecule has 0 amide bonds. The number of imidazole rings is 1. The predicted octanol–water partition coefficient (Wildman–Crippen LogP) is -1.02. The standard InChI is InChI=1S/C13H20N8O3S/c1-20(2)12-17-10(7-16-25(22,23)11-8-14-9-15-11)18-13(19-12)21-3-5-24-6-4-21/h8-9,16H,3-7H2,1-2H3,(H,14,15). The van der Waals surface area contributed by atoms with E-state index in [9.17, 15) is 8.42 Å². The molecule has 2 N–H and O–H groups in total. The van der Waals surface area contributed by atoms with E-state index in [1.54, 1.807) is 4.90 Å². The van der Waals surface area contributed by atoms with Gasteiger partial charge in [-0.2, -0.15) is 15.0 Å². The Balaban J connectivity index is 1.81. The van der Waals surface area contributed by atoms with Gasteiger partial charge >= 0.3 is 0 Å². The summed E-state index contributed by atoms with van der Waals surface area (Å²) in [4.78, 5) is 23.1. The predicted molar refractivity (Wildman–Crippen MR) is 89.8 cm³/mol. The lowest BCUT2D eigenvalue weighted by Crippen LogP contribution is -2.38. The smallest absolute Gasteiger partial charge is 0.258 e. The Labute approximate surface area is 145 Å². The van der Waals surface area contributed by atoms with Crippen molar-refractivity contribution in [3.63, 3.8) is 0 Å². The number of aromatic amines is 1. The maximum absolute atomic E-state index is 12.2. The van der Waals surface area contributed by atoms with E-state index in [4.69, 9.17) is 4.74 Å². The first-order valence-electron chi connectivity index (χ1n) is 7.69. The highest BCUT2D eigenvalue weighted by Crippen LogP contribution is 2.14. The molecule has 25 heavy (non-hydrogen) atoms. The van der Waals surface area contributed by atoms with Crippen LogP contribution >= 0.6 is 0 Å². The number of ether oxygens (including phenoxy) is 1. The third-order valence-electron chi connectivity index (χ3n) is 3.53. The number of aromatic nitrogens is 5. The number of nitrogens with one attached hydrogen (secondary N) is 2. The molecule has 0 atom stereocenters. The van der Waals surface area contributed by atoms with Crippen LogP contribution in [0, 0.1) is 0 Å². The number of nitrogens with zero attached hydrogens (tertiary/aromatic N) is 6. The van der Waals surface area contributed by atoms with E-state index < -0.39 is 10.0 Å². The van der Waals surface area contributed by atoms with Gasteiger partial charge in [0.1, 0.15) is 0 Å². The van der Waals surface area contributed by atoms with E-state index in [0.717, 1.165) is 0 Å². The zero-order valence-corrected chi connectivity index (χ0v) is 14.8. The van der Waals surface area contributed by atoms with Crippen molar-refractivity contribution in [3.05, 3.63) is 18.3 Å². The molecule has 0 aromatic carbocycles. The van der Waals surface area contributed by atoms with Crippen LogP contribution in [0.2, 0.25) is 0 Å². The van der Waals surface area contributed by atoms with Gasteiger partial charge in [-0.3, -0.25) is 0 Å². The fraction of sp³-hybridized carbons (Fsp3) is 0.538. The number of anilines is 2. The third kappa shape index (κ3) is 4.21. The van der Waals surface area contributed by atoms with Crippen LogP contribution < -0.4 is 14.5 Å². The molecule has 11 nitrogen and oxygen atoms in total. The number of H-pyrrole nitrogens is 1. The largest absolute Gasteiger partial charge is 0.378 e. The summed E-state index contributed by atoms with van der Waals surface area (Å²) >= 11 is 0. The average molecular weight is 368 g/mol. The van der Waals surface area contributed by atoms with E-state index in [2.05, 4.69) is 29.6 Å². The quantitative estimate of drug-likeness (QED) is 0.658. The Morgan fingerprint density at radius 3 is 2.68 bits per heavy atom. The Hall–Kier alpha value is -2.31. The maximum atomic E-state index is 12.2. The summed E-state index contributed by atoms with van der Waals surface area (Å²) in [6.45, 7) is 2.50. The molecule has 1 saturated heterocycles. The summed E-state index contributed by atoms with van der Waals surface area (Å²) in [5, 5.41) is -0.0113. The number of sulfonamides is 1. The lowest BCUT2D eigenvalue weighted by molar-refractivity contribution is 0.122. The van der Waals surface area contributed by atoms with Gasteiger partial charge in [-0.05, 0) is 0 Å². The first-order valence-corrected chi connectivity index (χ1v) is 9.17. The zero-order chi connectivity index (χ0) is 17.9. The molecule has 1 aliphatic heterocycles. The van der Waals surface area contributed by atoms with Gasteiger partial charge in [0, 0.05) is 27.2 Å². The third-order valence-corrected chi connectivity index (χ3v) is 4.86. The van der Waals surface area contributed by atoms with Crippen molar-refractivity contribution in [2.45, 2.75) is 11.6 Å². The summed E-state index contributed by atoms with van der Waals surface area (Å²) in [6.07, 6.45) is 2.54. The Morgan fingerprint density at radius 1 is 1.28 bits per heavy atom. The molecule has 0 aliphatic carbocycles. The second-order valence-electron chi connectivity index (χ2n) is 5.59. The van der Waals surface area contributed by atoms with Gasteiger partial charge in [0.15, 0.2) is 10.9 Å². The van der Waals surface area contributed by atoms with Gasteiger partial charge in [-0.15, -0.1) is 0 Å². The van der Waals surface area contributed by atoms with Crippen molar-refractivity contribution in [2.24, 2.45) is 0 Å². The minimum atomic E-state index is -3.70. The second-order valence-corrected chi connectivity index (χ2v) is 7.32. The van der Waals surface area contributed by atoms with Gasteiger partial charge in [0.25, 0.3) is 10.0 Å². The van der Waals surface area contributed by atoms with Crippen molar-refractivity contribution in [1.29, 1.82) is 0 Å². The molecule has 0 spiro atoms. The molecule has 0 radical (unpaired) electrons. The minimum Gasteiger partial charge on any atom is -0.378 e. The molecule has 1 fully saturated rings. The van der Waals surface area contributed by atoms with E-state index in [0.29, 0.717) is 44.0 Å². The Morgan fingerprint density at radius 2 is 2.04 bits per heavy atom. The van der Waals surface area contributed by atoms with Crippen molar-refractivity contribution >= 4 is 21.9 Å². The van der Waals surface area contributed by atoms with Crippen LogP contribution in [0.1, 0.15) is 5.82 Å². The highest BCUT2D eigenvalue weighted by Gasteiger charge is 2.19. The fourth-order valence-corrected chi connectivity index (χ4v) is 3.09.